The molecule has 1 amide bonds. The van der Waals surface area contributed by atoms with Gasteiger partial charge in [0.2, 0.25) is 5.91 Å². The van der Waals surface area contributed by atoms with Crippen molar-refractivity contribution >= 4 is 17.5 Å². The number of carbonyl (C=O) groups is 1. The number of hydrogen-bond acceptors (Lipinski definition) is 4. The zero-order valence-corrected chi connectivity index (χ0v) is 17.5. The van der Waals surface area contributed by atoms with Gasteiger partial charge in [-0.15, -0.1) is 0 Å². The first-order chi connectivity index (χ1) is 14.6. The second-order valence-electron chi connectivity index (χ2n) is 8.25. The molecule has 30 heavy (non-hydrogen) atoms. The van der Waals surface area contributed by atoms with E-state index < -0.39 is 0 Å². The smallest absolute Gasteiger partial charge is 0.242 e. The van der Waals surface area contributed by atoms with Crippen LogP contribution in [0.3, 0.4) is 0 Å². The second kappa shape index (κ2) is 7.85. The molecule has 0 unspecified atom stereocenters. The molecule has 2 aliphatic rings. The van der Waals surface area contributed by atoms with Crippen molar-refractivity contribution in [3.05, 3.63) is 71.0 Å². The molecule has 154 valence electrons. The summed E-state index contributed by atoms with van der Waals surface area (Å²) in [6.45, 7) is 2.87. The first-order valence-electron chi connectivity index (χ1n) is 10.4. The van der Waals surface area contributed by atoms with Crippen molar-refractivity contribution in [3.63, 3.8) is 0 Å². The van der Waals surface area contributed by atoms with E-state index in [1.54, 1.807) is 4.68 Å². The largest absolute Gasteiger partial charge is 0.349 e. The average molecular weight is 422 g/mol. The lowest BCUT2D eigenvalue weighted by atomic mass is 9.84. The lowest BCUT2D eigenvalue weighted by Crippen LogP contribution is -2.56. The Morgan fingerprint density at radius 1 is 1.03 bits per heavy atom. The van der Waals surface area contributed by atoms with Gasteiger partial charge >= 0.3 is 0 Å². The van der Waals surface area contributed by atoms with E-state index in [9.17, 15) is 4.79 Å². The third-order valence-corrected chi connectivity index (χ3v) is 6.51. The SMILES string of the molecule is O=C1Cn2nc(-c3ccccc3)nc2CC2(CCN(Cc3ccccc3Cl)CC2)N1. The van der Waals surface area contributed by atoms with E-state index in [0.29, 0.717) is 12.2 Å². The van der Waals surface area contributed by atoms with Crippen LogP contribution in [0.5, 0.6) is 0 Å². The highest BCUT2D eigenvalue weighted by atomic mass is 35.5. The second-order valence-corrected chi connectivity index (χ2v) is 8.66. The minimum atomic E-state index is -0.261. The molecule has 1 N–H and O–H groups in total. The van der Waals surface area contributed by atoms with Gasteiger partial charge in [-0.25, -0.2) is 9.67 Å². The van der Waals surface area contributed by atoms with Crippen LogP contribution in [0.15, 0.2) is 54.6 Å². The van der Waals surface area contributed by atoms with Crippen LogP contribution in [0.4, 0.5) is 0 Å². The topological polar surface area (TPSA) is 63.1 Å². The number of likely N-dealkylation sites (tertiary alicyclic amines) is 1. The third-order valence-electron chi connectivity index (χ3n) is 6.14. The maximum absolute atomic E-state index is 12.7. The zero-order valence-electron chi connectivity index (χ0n) is 16.7. The molecule has 0 saturated carbocycles. The van der Waals surface area contributed by atoms with Crippen molar-refractivity contribution in [2.24, 2.45) is 0 Å². The van der Waals surface area contributed by atoms with Crippen molar-refractivity contribution in [2.45, 2.75) is 37.9 Å². The maximum Gasteiger partial charge on any atom is 0.242 e. The number of aromatic nitrogens is 3. The van der Waals surface area contributed by atoms with E-state index in [4.69, 9.17) is 16.6 Å². The van der Waals surface area contributed by atoms with Gasteiger partial charge in [-0.2, -0.15) is 5.10 Å². The Morgan fingerprint density at radius 2 is 1.77 bits per heavy atom. The van der Waals surface area contributed by atoms with Crippen molar-refractivity contribution in [1.82, 2.24) is 25.0 Å². The summed E-state index contributed by atoms with van der Waals surface area (Å²) >= 11 is 6.33. The van der Waals surface area contributed by atoms with Crippen LogP contribution in [0.1, 0.15) is 24.2 Å². The Labute approximate surface area is 180 Å². The van der Waals surface area contributed by atoms with E-state index in [1.165, 1.54) is 0 Å². The third kappa shape index (κ3) is 3.85. The van der Waals surface area contributed by atoms with Crippen LogP contribution in [0.25, 0.3) is 11.4 Å². The highest BCUT2D eigenvalue weighted by molar-refractivity contribution is 6.31. The molecule has 1 spiro atoms. The van der Waals surface area contributed by atoms with Crippen LogP contribution >= 0.6 is 11.6 Å². The normalized spacial score (nSPS) is 18.6. The molecule has 0 aliphatic carbocycles. The van der Waals surface area contributed by atoms with Crippen LogP contribution in [-0.4, -0.2) is 44.2 Å². The van der Waals surface area contributed by atoms with E-state index in [-0.39, 0.29) is 18.0 Å². The lowest BCUT2D eigenvalue weighted by molar-refractivity contribution is -0.123. The van der Waals surface area contributed by atoms with Crippen molar-refractivity contribution in [2.75, 3.05) is 13.1 Å². The van der Waals surface area contributed by atoms with E-state index >= 15 is 0 Å². The van der Waals surface area contributed by atoms with Gasteiger partial charge in [0.1, 0.15) is 12.4 Å². The summed E-state index contributed by atoms with van der Waals surface area (Å²) in [5.74, 6) is 1.58. The van der Waals surface area contributed by atoms with Gasteiger partial charge in [-0.1, -0.05) is 60.1 Å². The molecular weight excluding hydrogens is 398 g/mol. The summed E-state index contributed by atoms with van der Waals surface area (Å²) < 4.78 is 1.77. The standard InChI is InChI=1S/C23H24ClN5O/c24-19-9-5-4-8-18(19)15-28-12-10-23(11-13-28)14-20-25-22(17-6-2-1-3-7-17)27-29(20)16-21(30)26-23/h1-9H,10-16H2,(H,26,30). The fourth-order valence-corrected chi connectivity index (χ4v) is 4.66. The van der Waals surface area contributed by atoms with Crippen LogP contribution < -0.4 is 5.32 Å². The van der Waals surface area contributed by atoms with Crippen molar-refractivity contribution < 1.29 is 4.79 Å². The molecule has 7 heteroatoms. The quantitative estimate of drug-likeness (QED) is 0.704. The molecule has 1 saturated heterocycles. The van der Waals surface area contributed by atoms with Gasteiger partial charge in [-0.05, 0) is 24.5 Å². The average Bonchev–Trinajstić information content (AvgIpc) is 3.08. The molecule has 0 radical (unpaired) electrons. The Balaban J connectivity index is 1.33. The van der Waals surface area contributed by atoms with Crippen LogP contribution in [-0.2, 0) is 24.3 Å². The molecule has 1 aromatic heterocycles. The van der Waals surface area contributed by atoms with Gasteiger partial charge < -0.3 is 5.32 Å². The number of piperidine rings is 1. The number of nitrogens with zero attached hydrogens (tertiary/aromatic N) is 4. The molecule has 3 aromatic rings. The summed E-state index contributed by atoms with van der Waals surface area (Å²) in [5, 5.41) is 8.71. The summed E-state index contributed by atoms with van der Waals surface area (Å²) in [7, 11) is 0. The molecule has 5 rings (SSSR count). The summed E-state index contributed by atoms with van der Waals surface area (Å²) in [6, 6.07) is 17.9. The predicted octanol–water partition coefficient (Wildman–Crippen LogP) is 3.31. The number of fused-ring (bicyclic) bond motifs is 1. The molecule has 2 aliphatic heterocycles. The lowest BCUT2D eigenvalue weighted by Gasteiger charge is -2.41. The van der Waals surface area contributed by atoms with Gasteiger partial charge in [0.05, 0.1) is 0 Å². The van der Waals surface area contributed by atoms with Crippen LogP contribution in [0, 0.1) is 0 Å². The van der Waals surface area contributed by atoms with Gasteiger partial charge in [0, 0.05) is 42.2 Å². The van der Waals surface area contributed by atoms with Gasteiger partial charge in [-0.3, -0.25) is 9.69 Å². The highest BCUT2D eigenvalue weighted by Crippen LogP contribution is 2.30. The van der Waals surface area contributed by atoms with Crippen molar-refractivity contribution in [1.29, 1.82) is 0 Å². The zero-order chi connectivity index (χ0) is 20.6. The number of rotatable bonds is 3. The fourth-order valence-electron chi connectivity index (χ4n) is 4.47. The molecular formula is C23H24ClN5O. The minimum absolute atomic E-state index is 0.0119. The Bertz CT molecular complexity index is 1060. The molecule has 2 aromatic carbocycles. The number of benzene rings is 2. The number of carbonyl (C=O) groups excluding carboxylic acids is 1. The van der Waals surface area contributed by atoms with E-state index in [2.05, 4.69) is 21.4 Å². The molecule has 0 bridgehead atoms. The summed E-state index contributed by atoms with van der Waals surface area (Å²) in [6.07, 6.45) is 2.48. The highest BCUT2D eigenvalue weighted by Gasteiger charge is 2.40. The molecule has 6 nitrogen and oxygen atoms in total. The van der Waals surface area contributed by atoms with E-state index in [0.717, 1.165) is 54.4 Å². The molecule has 0 atom stereocenters. The summed E-state index contributed by atoms with van der Waals surface area (Å²) in [4.78, 5) is 19.8. The van der Waals surface area contributed by atoms with Crippen molar-refractivity contribution in [3.8, 4) is 11.4 Å². The number of hydrogen-bond donors (Lipinski definition) is 1. The van der Waals surface area contributed by atoms with E-state index in [1.807, 2.05) is 48.5 Å². The number of halogens is 1. The predicted molar refractivity (Wildman–Crippen MR) is 116 cm³/mol. The molecule has 3 heterocycles. The Hall–Kier alpha value is -2.70. The Kier molecular flexibility index (Phi) is 5.05. The first-order valence-corrected chi connectivity index (χ1v) is 10.7. The van der Waals surface area contributed by atoms with Gasteiger partial charge in [0.25, 0.3) is 0 Å². The summed E-state index contributed by atoms with van der Waals surface area (Å²) in [5.41, 5.74) is 1.86. The minimum Gasteiger partial charge on any atom is -0.349 e. The Morgan fingerprint density at radius 3 is 2.53 bits per heavy atom. The van der Waals surface area contributed by atoms with Gasteiger partial charge in [0.15, 0.2) is 5.82 Å². The fraction of sp³-hybridized carbons (Fsp3) is 0.348. The number of nitrogens with one attached hydrogen (secondary N) is 1. The van der Waals surface area contributed by atoms with Crippen LogP contribution in [0.2, 0.25) is 5.02 Å². The maximum atomic E-state index is 12.7. The first kappa shape index (κ1) is 19.3. The number of amides is 1. The monoisotopic (exact) mass is 421 g/mol. The molecule has 1 fully saturated rings.